The molecule has 0 aliphatic carbocycles. The van der Waals surface area contributed by atoms with Crippen LogP contribution in [0.15, 0.2) is 42.5 Å². The maximum Gasteiger partial charge on any atom is 0.280 e. The number of carbonyl (C=O) groups excluding carboxylic acids is 2. The largest absolute Gasteiger partial charge is 0.382 e. The first-order valence-corrected chi connectivity index (χ1v) is 9.34. The van der Waals surface area contributed by atoms with Gasteiger partial charge in [-0.05, 0) is 43.5 Å². The van der Waals surface area contributed by atoms with Crippen molar-refractivity contribution in [2.45, 2.75) is 33.7 Å². The fourth-order valence-electron chi connectivity index (χ4n) is 3.01. The lowest BCUT2D eigenvalue weighted by Crippen LogP contribution is -2.22. The second kappa shape index (κ2) is 8.55. The molecule has 8 nitrogen and oxygen atoms in total. The zero-order chi connectivity index (χ0) is 21.0. The van der Waals surface area contributed by atoms with E-state index in [0.717, 1.165) is 23.1 Å². The topological polar surface area (TPSA) is 115 Å². The molecule has 0 unspecified atom stereocenters. The highest BCUT2D eigenvalue weighted by Gasteiger charge is 2.20. The van der Waals surface area contributed by atoms with Crippen LogP contribution in [0.5, 0.6) is 0 Å². The van der Waals surface area contributed by atoms with E-state index in [1.807, 2.05) is 63.2 Å². The number of aryl methyl sites for hydroxylation is 3. The molecule has 0 radical (unpaired) electrons. The number of hydrogen-bond acceptors (Lipinski definition) is 5. The minimum atomic E-state index is -0.468. The number of benzene rings is 2. The van der Waals surface area contributed by atoms with Crippen molar-refractivity contribution in [1.82, 2.24) is 15.0 Å². The molecule has 1 aromatic heterocycles. The highest BCUT2D eigenvalue weighted by atomic mass is 16.2. The number of para-hydroxylation sites is 1. The summed E-state index contributed by atoms with van der Waals surface area (Å²) in [5.74, 6) is -0.742. The maximum absolute atomic E-state index is 12.6. The molecule has 8 heteroatoms. The van der Waals surface area contributed by atoms with Gasteiger partial charge in [-0.1, -0.05) is 48.0 Å². The van der Waals surface area contributed by atoms with Gasteiger partial charge in [0, 0.05) is 11.4 Å². The summed E-state index contributed by atoms with van der Waals surface area (Å²) in [4.78, 5) is 24.9. The Hall–Kier alpha value is -3.68. The Balaban J connectivity index is 1.70. The van der Waals surface area contributed by atoms with E-state index in [1.54, 1.807) is 0 Å². The van der Waals surface area contributed by atoms with Gasteiger partial charge in [0.2, 0.25) is 5.91 Å². The van der Waals surface area contributed by atoms with Crippen LogP contribution in [0.4, 0.5) is 17.2 Å². The van der Waals surface area contributed by atoms with E-state index in [2.05, 4.69) is 20.9 Å². The molecule has 0 aliphatic heterocycles. The predicted octanol–water partition coefficient (Wildman–Crippen LogP) is 2.93. The molecule has 0 bridgehead atoms. The minimum Gasteiger partial charge on any atom is -0.382 e. The second-order valence-corrected chi connectivity index (χ2v) is 6.81. The van der Waals surface area contributed by atoms with Crippen molar-refractivity contribution < 1.29 is 9.59 Å². The van der Waals surface area contributed by atoms with E-state index in [-0.39, 0.29) is 24.0 Å². The first-order chi connectivity index (χ1) is 13.9. The number of carbonyl (C=O) groups is 2. The normalized spacial score (nSPS) is 10.6. The Morgan fingerprint density at radius 3 is 2.55 bits per heavy atom. The number of nitrogens with two attached hydrogens (primary N) is 1. The van der Waals surface area contributed by atoms with Crippen LogP contribution in [0.1, 0.15) is 34.1 Å². The van der Waals surface area contributed by atoms with E-state index in [4.69, 9.17) is 5.73 Å². The van der Waals surface area contributed by atoms with E-state index in [9.17, 15) is 9.59 Å². The van der Waals surface area contributed by atoms with Crippen molar-refractivity contribution in [3.8, 4) is 0 Å². The fraction of sp³-hybridized carbons (Fsp3) is 0.238. The fourth-order valence-corrected chi connectivity index (χ4v) is 3.01. The van der Waals surface area contributed by atoms with Gasteiger partial charge in [0.1, 0.15) is 6.54 Å². The Morgan fingerprint density at radius 1 is 1.07 bits per heavy atom. The van der Waals surface area contributed by atoms with Gasteiger partial charge in [0.15, 0.2) is 11.5 Å². The van der Waals surface area contributed by atoms with E-state index in [1.165, 1.54) is 4.68 Å². The lowest BCUT2D eigenvalue weighted by Gasteiger charge is -2.10. The summed E-state index contributed by atoms with van der Waals surface area (Å²) in [6.07, 6.45) is 0.775. The zero-order valence-electron chi connectivity index (χ0n) is 16.7. The summed E-state index contributed by atoms with van der Waals surface area (Å²) in [5, 5.41) is 13.3. The quantitative estimate of drug-likeness (QED) is 0.597. The van der Waals surface area contributed by atoms with Crippen molar-refractivity contribution >= 4 is 29.0 Å². The van der Waals surface area contributed by atoms with Crippen molar-refractivity contribution in [2.24, 2.45) is 0 Å². The van der Waals surface area contributed by atoms with E-state index >= 15 is 0 Å². The first kappa shape index (κ1) is 20.1. The minimum absolute atomic E-state index is 0.0183. The number of hydrogen-bond donors (Lipinski definition) is 3. The van der Waals surface area contributed by atoms with E-state index < -0.39 is 5.91 Å². The smallest absolute Gasteiger partial charge is 0.280 e. The Morgan fingerprint density at radius 2 is 1.83 bits per heavy atom. The van der Waals surface area contributed by atoms with Crippen LogP contribution < -0.4 is 16.4 Å². The third kappa shape index (κ3) is 4.60. The lowest BCUT2D eigenvalue weighted by molar-refractivity contribution is -0.116. The monoisotopic (exact) mass is 392 g/mol. The van der Waals surface area contributed by atoms with Gasteiger partial charge in [-0.3, -0.25) is 9.59 Å². The number of nitrogen functional groups attached to an aromatic ring is 1. The SMILES string of the molecule is CCc1ccccc1NC(=O)c1nnn(CC(=O)Nc2ccc(C)cc2C)c1N. The van der Waals surface area contributed by atoms with Crippen LogP contribution in [0.2, 0.25) is 0 Å². The van der Waals surface area contributed by atoms with Crippen molar-refractivity contribution in [2.75, 3.05) is 16.4 Å². The molecule has 1 heterocycles. The molecular formula is C21H24N6O2. The van der Waals surface area contributed by atoms with Crippen LogP contribution in [-0.4, -0.2) is 26.8 Å². The molecule has 150 valence electrons. The predicted molar refractivity (Wildman–Crippen MR) is 113 cm³/mol. The second-order valence-electron chi connectivity index (χ2n) is 6.81. The van der Waals surface area contributed by atoms with Gasteiger partial charge >= 0.3 is 0 Å². The molecule has 3 rings (SSSR count). The molecule has 0 saturated heterocycles. The zero-order valence-corrected chi connectivity index (χ0v) is 16.7. The summed E-state index contributed by atoms with van der Waals surface area (Å²) in [5.41, 5.74) is 10.5. The van der Waals surface area contributed by atoms with Gasteiger partial charge in [0.25, 0.3) is 5.91 Å². The number of nitrogens with zero attached hydrogens (tertiary/aromatic N) is 3. The third-order valence-corrected chi connectivity index (χ3v) is 4.58. The molecule has 2 aromatic carbocycles. The highest BCUT2D eigenvalue weighted by Crippen LogP contribution is 2.19. The van der Waals surface area contributed by atoms with Crippen LogP contribution in [-0.2, 0) is 17.8 Å². The molecular weight excluding hydrogens is 368 g/mol. The average molecular weight is 392 g/mol. The van der Waals surface area contributed by atoms with Gasteiger partial charge in [0.05, 0.1) is 0 Å². The molecule has 0 fully saturated rings. The highest BCUT2D eigenvalue weighted by molar-refractivity contribution is 6.06. The third-order valence-electron chi connectivity index (χ3n) is 4.58. The van der Waals surface area contributed by atoms with E-state index in [0.29, 0.717) is 11.4 Å². The summed E-state index contributed by atoms with van der Waals surface area (Å²) in [6, 6.07) is 13.2. The number of nitrogens with one attached hydrogen (secondary N) is 2. The lowest BCUT2D eigenvalue weighted by atomic mass is 10.1. The summed E-state index contributed by atoms with van der Waals surface area (Å²) >= 11 is 0. The molecule has 0 aliphatic rings. The van der Waals surface area contributed by atoms with Gasteiger partial charge in [-0.15, -0.1) is 5.10 Å². The van der Waals surface area contributed by atoms with Crippen LogP contribution in [0.25, 0.3) is 0 Å². The van der Waals surface area contributed by atoms with Crippen molar-refractivity contribution in [1.29, 1.82) is 0 Å². The first-order valence-electron chi connectivity index (χ1n) is 9.34. The average Bonchev–Trinajstić information content (AvgIpc) is 3.05. The van der Waals surface area contributed by atoms with Gasteiger partial charge in [-0.2, -0.15) is 0 Å². The molecule has 2 amide bonds. The Bertz CT molecular complexity index is 1060. The van der Waals surface area contributed by atoms with Crippen LogP contribution >= 0.6 is 0 Å². The summed E-state index contributed by atoms with van der Waals surface area (Å²) in [6.45, 7) is 5.76. The Labute approximate surface area is 169 Å². The number of aromatic nitrogens is 3. The van der Waals surface area contributed by atoms with Gasteiger partial charge < -0.3 is 16.4 Å². The van der Waals surface area contributed by atoms with Crippen LogP contribution in [0.3, 0.4) is 0 Å². The van der Waals surface area contributed by atoms with Crippen molar-refractivity contribution in [3.63, 3.8) is 0 Å². The molecule has 0 atom stereocenters. The molecule has 4 N–H and O–H groups in total. The maximum atomic E-state index is 12.6. The Kier molecular flexibility index (Phi) is 5.92. The molecule has 29 heavy (non-hydrogen) atoms. The molecule has 3 aromatic rings. The molecule has 0 saturated carbocycles. The summed E-state index contributed by atoms with van der Waals surface area (Å²) in [7, 11) is 0. The van der Waals surface area contributed by atoms with Crippen molar-refractivity contribution in [3.05, 3.63) is 64.8 Å². The number of amides is 2. The van der Waals surface area contributed by atoms with Crippen LogP contribution in [0, 0.1) is 13.8 Å². The number of anilines is 3. The van der Waals surface area contributed by atoms with Gasteiger partial charge in [-0.25, -0.2) is 4.68 Å². The molecule has 0 spiro atoms. The standard InChI is InChI=1S/C21H24N6O2/c1-4-15-7-5-6-8-17(15)24-21(29)19-20(22)27(26-25-19)12-18(28)23-16-10-9-13(2)11-14(16)3/h5-11H,4,12,22H2,1-3H3,(H,23,28)(H,24,29). The number of rotatable bonds is 6. The summed E-state index contributed by atoms with van der Waals surface area (Å²) < 4.78 is 1.21.